The predicted octanol–water partition coefficient (Wildman–Crippen LogP) is 5.31. The molecule has 5 nitrogen and oxygen atoms in total. The van der Waals surface area contributed by atoms with Crippen LogP contribution in [0.3, 0.4) is 0 Å². The summed E-state index contributed by atoms with van der Waals surface area (Å²) in [6.07, 6.45) is 20.0. The highest BCUT2D eigenvalue weighted by Gasteiger charge is 2.63. The molecule has 0 amide bonds. The maximum atomic E-state index is 11.1. The Labute approximate surface area is 212 Å². The van der Waals surface area contributed by atoms with Crippen LogP contribution in [0.2, 0.25) is 0 Å². The second-order valence-corrected chi connectivity index (χ2v) is 13.3. The van der Waals surface area contributed by atoms with Crippen LogP contribution in [-0.4, -0.2) is 46.9 Å². The molecule has 4 aliphatic carbocycles. The van der Waals surface area contributed by atoms with Gasteiger partial charge in [0.2, 0.25) is 0 Å². The molecular weight excluding hydrogens is 436 g/mol. The van der Waals surface area contributed by atoms with Crippen molar-refractivity contribution >= 4 is 0 Å². The molecule has 0 bridgehead atoms. The minimum atomic E-state index is -0.626. The Bertz CT molecular complexity index is 969. The topological polar surface area (TPSA) is 56.5 Å². The number of aliphatic hydroxyl groups is 1. The lowest BCUT2D eigenvalue weighted by Crippen LogP contribution is -2.58. The molecule has 35 heavy (non-hydrogen) atoms. The van der Waals surface area contributed by atoms with Crippen molar-refractivity contribution in [3.05, 3.63) is 18.0 Å². The van der Waals surface area contributed by atoms with Crippen LogP contribution in [0, 0.1) is 52.8 Å². The number of rotatable bonds is 6. The van der Waals surface area contributed by atoms with Gasteiger partial charge in [-0.1, -0.05) is 19.8 Å². The zero-order chi connectivity index (χ0) is 25.1. The Morgan fingerprint density at radius 2 is 1.89 bits per heavy atom. The minimum Gasteiger partial charge on any atom is -0.387 e. The molecule has 0 spiro atoms. The molecule has 0 radical (unpaired) electrons. The number of methoxy groups -OCH3 is 2. The maximum Gasteiger partial charge on any atom is 0.0883 e. The van der Waals surface area contributed by atoms with E-state index in [0.717, 1.165) is 49.1 Å². The molecule has 0 unspecified atom stereocenters. The van der Waals surface area contributed by atoms with Crippen LogP contribution in [-0.2, 0) is 16.0 Å². The van der Waals surface area contributed by atoms with Crippen molar-refractivity contribution < 1.29 is 14.6 Å². The van der Waals surface area contributed by atoms with Gasteiger partial charge in [0.25, 0.3) is 0 Å². The Kier molecular flexibility index (Phi) is 6.43. The van der Waals surface area contributed by atoms with E-state index < -0.39 is 5.60 Å². The van der Waals surface area contributed by atoms with E-state index in [0.29, 0.717) is 29.3 Å². The van der Waals surface area contributed by atoms with Crippen molar-refractivity contribution in [1.82, 2.24) is 9.78 Å². The summed E-state index contributed by atoms with van der Waals surface area (Å²) in [5.41, 5.74) is 0.585. The van der Waals surface area contributed by atoms with Crippen LogP contribution in [0.5, 0.6) is 0 Å². The van der Waals surface area contributed by atoms with Gasteiger partial charge in [-0.2, -0.15) is 5.10 Å². The molecule has 5 rings (SSSR count). The van der Waals surface area contributed by atoms with E-state index in [4.69, 9.17) is 15.9 Å². The zero-order valence-corrected chi connectivity index (χ0v) is 22.6. The molecule has 1 N–H and O–H groups in total. The summed E-state index contributed by atoms with van der Waals surface area (Å²) in [4.78, 5) is 0. The number of ether oxygens (including phenoxy) is 2. The molecule has 4 aliphatic rings. The van der Waals surface area contributed by atoms with Crippen molar-refractivity contribution in [3.63, 3.8) is 0 Å². The molecule has 4 saturated carbocycles. The standard InChI is InChI=1S/C30H46N2O3/c1-7-21-17-31-32(18-21)19-29(4,35-6)26-11-10-24-23-9-8-22-16-30(33,20-34-5)15-14-27(22,2)25(23)12-13-28(24,26)3/h1,17-18,22-26,33H,8-16,19-20H2,2-6H3/t22-,23+,24+,25+,26+,27+,28+,29+,30-/m1/s1. The van der Waals surface area contributed by atoms with Crippen LogP contribution in [0.25, 0.3) is 0 Å². The largest absolute Gasteiger partial charge is 0.387 e. The molecule has 0 saturated heterocycles. The molecule has 1 heterocycles. The van der Waals surface area contributed by atoms with Crippen molar-refractivity contribution in [2.45, 2.75) is 96.3 Å². The normalized spacial score (nSPS) is 44.5. The second-order valence-electron chi connectivity index (χ2n) is 13.3. The van der Waals surface area contributed by atoms with E-state index in [-0.39, 0.29) is 5.60 Å². The van der Waals surface area contributed by atoms with E-state index in [9.17, 15) is 5.11 Å². The maximum absolute atomic E-state index is 11.1. The Morgan fingerprint density at radius 3 is 2.57 bits per heavy atom. The van der Waals surface area contributed by atoms with Crippen molar-refractivity contribution in [2.24, 2.45) is 40.4 Å². The molecule has 4 fully saturated rings. The molecule has 1 aromatic heterocycles. The lowest BCUT2D eigenvalue weighted by Gasteiger charge is -2.62. The van der Waals surface area contributed by atoms with E-state index in [1.54, 1.807) is 13.3 Å². The molecule has 194 valence electrons. The Balaban J connectivity index is 1.36. The number of hydrogen-bond acceptors (Lipinski definition) is 4. The number of hydrogen-bond donors (Lipinski definition) is 1. The first-order valence-corrected chi connectivity index (χ1v) is 13.9. The van der Waals surface area contributed by atoms with Gasteiger partial charge < -0.3 is 14.6 Å². The van der Waals surface area contributed by atoms with Crippen LogP contribution < -0.4 is 0 Å². The fraction of sp³-hybridized carbons (Fsp3) is 0.833. The van der Waals surface area contributed by atoms with E-state index in [1.807, 2.05) is 18.0 Å². The fourth-order valence-electron chi connectivity index (χ4n) is 9.89. The Morgan fingerprint density at radius 1 is 1.11 bits per heavy atom. The summed E-state index contributed by atoms with van der Waals surface area (Å²) in [7, 11) is 3.60. The van der Waals surface area contributed by atoms with Crippen molar-refractivity contribution in [3.8, 4) is 12.3 Å². The minimum absolute atomic E-state index is 0.267. The van der Waals surface area contributed by atoms with Gasteiger partial charge in [0.1, 0.15) is 0 Å². The molecule has 0 aliphatic heterocycles. The SMILES string of the molecule is C#Cc1cnn(C[C@](C)(OC)[C@H]2CC[C@H]3[C@@H]4CC[C@@H]5C[C@@](O)(COC)CC[C@]5(C)[C@H]4CC[C@@]32C)c1. The lowest BCUT2D eigenvalue weighted by molar-refractivity contribution is -0.173. The van der Waals surface area contributed by atoms with Gasteiger partial charge in [0.15, 0.2) is 0 Å². The van der Waals surface area contributed by atoms with Gasteiger partial charge >= 0.3 is 0 Å². The lowest BCUT2D eigenvalue weighted by atomic mass is 9.43. The molecular formula is C30H46N2O3. The van der Waals surface area contributed by atoms with Crippen LogP contribution in [0.15, 0.2) is 12.4 Å². The first-order chi connectivity index (χ1) is 16.6. The third-order valence-corrected chi connectivity index (χ3v) is 11.7. The second kappa shape index (κ2) is 8.89. The average molecular weight is 483 g/mol. The number of fused-ring (bicyclic) bond motifs is 5. The van der Waals surface area contributed by atoms with Gasteiger partial charge in [-0.3, -0.25) is 4.68 Å². The number of nitrogens with zero attached hydrogens (tertiary/aromatic N) is 2. The van der Waals surface area contributed by atoms with Gasteiger partial charge in [0.05, 0.1) is 36.1 Å². The first-order valence-electron chi connectivity index (χ1n) is 13.9. The van der Waals surface area contributed by atoms with Gasteiger partial charge in [0, 0.05) is 20.4 Å². The Hall–Kier alpha value is -1.35. The summed E-state index contributed by atoms with van der Waals surface area (Å²) in [5.74, 6) is 6.16. The van der Waals surface area contributed by atoms with E-state index in [2.05, 4.69) is 31.8 Å². The summed E-state index contributed by atoms with van der Waals surface area (Å²) >= 11 is 0. The quantitative estimate of drug-likeness (QED) is 0.559. The molecule has 1 aromatic rings. The summed E-state index contributed by atoms with van der Waals surface area (Å²) < 4.78 is 13.7. The zero-order valence-electron chi connectivity index (χ0n) is 22.6. The van der Waals surface area contributed by atoms with Gasteiger partial charge in [-0.25, -0.2) is 0 Å². The van der Waals surface area contributed by atoms with E-state index in [1.165, 1.54) is 38.5 Å². The average Bonchev–Trinajstić information content (AvgIpc) is 3.43. The first kappa shape index (κ1) is 25.3. The highest BCUT2D eigenvalue weighted by atomic mass is 16.5. The highest BCUT2D eigenvalue weighted by Crippen LogP contribution is 2.69. The summed E-state index contributed by atoms with van der Waals surface area (Å²) in [5, 5.41) is 15.7. The number of terminal acetylenes is 1. The summed E-state index contributed by atoms with van der Waals surface area (Å²) in [6.45, 7) is 8.65. The van der Waals surface area contributed by atoms with Crippen LogP contribution in [0.1, 0.15) is 84.1 Å². The number of aromatic nitrogens is 2. The highest BCUT2D eigenvalue weighted by molar-refractivity contribution is 5.26. The predicted molar refractivity (Wildman–Crippen MR) is 138 cm³/mol. The molecule has 5 heteroatoms. The van der Waals surface area contributed by atoms with Crippen LogP contribution >= 0.6 is 0 Å². The van der Waals surface area contributed by atoms with Gasteiger partial charge in [-0.05, 0) is 105 Å². The third-order valence-electron chi connectivity index (χ3n) is 11.7. The monoisotopic (exact) mass is 482 g/mol. The summed E-state index contributed by atoms with van der Waals surface area (Å²) in [6, 6.07) is 0. The molecule has 0 aromatic carbocycles. The fourth-order valence-corrected chi connectivity index (χ4v) is 9.89. The van der Waals surface area contributed by atoms with E-state index >= 15 is 0 Å². The van der Waals surface area contributed by atoms with Crippen molar-refractivity contribution in [1.29, 1.82) is 0 Å². The molecule has 9 atom stereocenters. The van der Waals surface area contributed by atoms with Gasteiger partial charge in [-0.15, -0.1) is 6.42 Å². The third kappa shape index (κ3) is 3.99. The smallest absolute Gasteiger partial charge is 0.0883 e. The van der Waals surface area contributed by atoms with Crippen LogP contribution in [0.4, 0.5) is 0 Å². The van der Waals surface area contributed by atoms with Crippen molar-refractivity contribution in [2.75, 3.05) is 20.8 Å².